The molecule has 9 heteroatoms. The van der Waals surface area contributed by atoms with Crippen molar-refractivity contribution >= 4 is 46.7 Å². The van der Waals surface area contributed by atoms with Crippen LogP contribution in [0.5, 0.6) is 0 Å². The molecule has 2 N–H and O–H groups in total. The third kappa shape index (κ3) is 6.07. The lowest BCUT2D eigenvalue weighted by Gasteiger charge is -2.14. The lowest BCUT2D eigenvalue weighted by atomic mass is 10.2. The number of amides is 2. The van der Waals surface area contributed by atoms with E-state index < -0.39 is 0 Å². The summed E-state index contributed by atoms with van der Waals surface area (Å²) in [5.41, 5.74) is 3.72. The highest BCUT2D eigenvalue weighted by atomic mass is 35.5. The molecule has 168 valence electrons. The van der Waals surface area contributed by atoms with Crippen molar-refractivity contribution in [2.75, 3.05) is 5.32 Å². The van der Waals surface area contributed by atoms with Crippen LogP contribution in [0.15, 0.2) is 78.0 Å². The summed E-state index contributed by atoms with van der Waals surface area (Å²) in [5.74, 6) is 1.34. The lowest BCUT2D eigenvalue weighted by Crippen LogP contribution is -2.29. The first-order valence-corrected chi connectivity index (χ1v) is 11.9. The number of urea groups is 1. The molecule has 0 aliphatic carbocycles. The number of halogens is 2. The van der Waals surface area contributed by atoms with E-state index in [2.05, 4.69) is 33.0 Å². The molecule has 1 aromatic heterocycles. The fourth-order valence-electron chi connectivity index (χ4n) is 3.16. The first-order valence-electron chi connectivity index (χ1n) is 10.2. The quantitative estimate of drug-likeness (QED) is 0.286. The van der Waals surface area contributed by atoms with E-state index in [1.807, 2.05) is 47.9 Å². The first-order chi connectivity index (χ1) is 16.0. The highest BCUT2D eigenvalue weighted by Crippen LogP contribution is 2.28. The summed E-state index contributed by atoms with van der Waals surface area (Å²) in [4.78, 5) is 12.4. The van der Waals surface area contributed by atoms with Crippen molar-refractivity contribution in [3.8, 4) is 5.69 Å². The fourth-order valence-corrected chi connectivity index (χ4v) is 4.38. The van der Waals surface area contributed by atoms with Crippen LogP contribution in [-0.4, -0.2) is 20.8 Å². The number of aromatic nitrogens is 3. The van der Waals surface area contributed by atoms with Crippen LogP contribution in [0.3, 0.4) is 0 Å². The largest absolute Gasteiger partial charge is 0.331 e. The van der Waals surface area contributed by atoms with Crippen molar-refractivity contribution in [3.63, 3.8) is 0 Å². The van der Waals surface area contributed by atoms with Gasteiger partial charge in [-0.15, -0.1) is 10.2 Å². The molecule has 6 nitrogen and oxygen atoms in total. The smallest absolute Gasteiger partial charge is 0.319 e. The van der Waals surface area contributed by atoms with Gasteiger partial charge in [-0.25, -0.2) is 4.79 Å². The average Bonchev–Trinajstić information content (AvgIpc) is 3.22. The predicted octanol–water partition coefficient (Wildman–Crippen LogP) is 6.50. The molecule has 0 bridgehead atoms. The van der Waals surface area contributed by atoms with E-state index in [1.165, 1.54) is 5.56 Å². The minimum absolute atomic E-state index is 0.185. The van der Waals surface area contributed by atoms with Crippen LogP contribution >= 0.6 is 35.0 Å². The van der Waals surface area contributed by atoms with Crippen molar-refractivity contribution in [1.82, 2.24) is 20.1 Å². The molecular formula is C24H21Cl2N5OS. The molecule has 33 heavy (non-hydrogen) atoms. The van der Waals surface area contributed by atoms with E-state index in [1.54, 1.807) is 36.0 Å². The fraction of sp³-hybridized carbons (Fsp3) is 0.125. The van der Waals surface area contributed by atoms with Crippen LogP contribution in [0.4, 0.5) is 10.5 Å². The van der Waals surface area contributed by atoms with Gasteiger partial charge in [0, 0.05) is 21.5 Å². The summed E-state index contributed by atoms with van der Waals surface area (Å²) >= 11 is 13.8. The van der Waals surface area contributed by atoms with Gasteiger partial charge in [0.2, 0.25) is 0 Å². The third-order valence-electron chi connectivity index (χ3n) is 4.83. The van der Waals surface area contributed by atoms with Crippen LogP contribution in [0.25, 0.3) is 5.69 Å². The number of thioether (sulfide) groups is 1. The molecule has 0 unspecified atom stereocenters. The molecular weight excluding hydrogens is 477 g/mol. The van der Waals surface area contributed by atoms with Gasteiger partial charge in [-0.2, -0.15) is 0 Å². The van der Waals surface area contributed by atoms with Gasteiger partial charge in [-0.3, -0.25) is 4.57 Å². The van der Waals surface area contributed by atoms with Crippen molar-refractivity contribution < 1.29 is 4.79 Å². The molecule has 3 aromatic carbocycles. The second kappa shape index (κ2) is 10.7. The normalized spacial score (nSPS) is 10.8. The summed E-state index contributed by atoms with van der Waals surface area (Å²) < 4.78 is 1.94. The van der Waals surface area contributed by atoms with E-state index in [9.17, 15) is 4.79 Å². The molecule has 0 aliphatic rings. The van der Waals surface area contributed by atoms with Gasteiger partial charge in [0.25, 0.3) is 0 Å². The second-order valence-electron chi connectivity index (χ2n) is 7.25. The zero-order chi connectivity index (χ0) is 23.2. The Bertz CT molecular complexity index is 1250. The number of hydrogen-bond donors (Lipinski definition) is 2. The van der Waals surface area contributed by atoms with Crippen LogP contribution in [0.2, 0.25) is 10.0 Å². The number of aryl methyl sites for hydroxylation is 1. The van der Waals surface area contributed by atoms with E-state index >= 15 is 0 Å². The highest BCUT2D eigenvalue weighted by Gasteiger charge is 2.17. The van der Waals surface area contributed by atoms with Gasteiger partial charge >= 0.3 is 6.03 Å². The van der Waals surface area contributed by atoms with Crippen molar-refractivity contribution in [2.24, 2.45) is 0 Å². The molecule has 2 amide bonds. The Morgan fingerprint density at radius 2 is 1.70 bits per heavy atom. The van der Waals surface area contributed by atoms with Crippen LogP contribution < -0.4 is 10.6 Å². The van der Waals surface area contributed by atoms with Crippen molar-refractivity contribution in [2.45, 2.75) is 24.4 Å². The van der Waals surface area contributed by atoms with Gasteiger partial charge in [-0.05, 0) is 54.4 Å². The van der Waals surface area contributed by atoms with Crippen LogP contribution in [-0.2, 0) is 12.3 Å². The molecule has 4 rings (SSSR count). The topological polar surface area (TPSA) is 71.8 Å². The second-order valence-corrected chi connectivity index (χ2v) is 9.07. The number of carbonyl (C=O) groups excluding carboxylic acids is 1. The Labute approximate surface area is 206 Å². The number of rotatable bonds is 7. The standard InChI is InChI=1S/C24H21Cl2N5OS/c1-16-7-8-19(26)13-21(16)31-22(14-27-23(32)28-20-11-9-18(25)10-12-20)29-30-24(31)33-15-17-5-3-2-4-6-17/h2-13H,14-15H2,1H3,(H2,27,28,32). The third-order valence-corrected chi connectivity index (χ3v) is 6.32. The summed E-state index contributed by atoms with van der Waals surface area (Å²) in [6.07, 6.45) is 0. The van der Waals surface area contributed by atoms with Gasteiger partial charge in [0.1, 0.15) is 0 Å². The van der Waals surface area contributed by atoms with E-state index in [-0.39, 0.29) is 12.6 Å². The summed E-state index contributed by atoms with van der Waals surface area (Å²) in [6.45, 7) is 2.19. The minimum atomic E-state index is -0.354. The zero-order valence-corrected chi connectivity index (χ0v) is 20.1. The number of anilines is 1. The van der Waals surface area contributed by atoms with E-state index in [4.69, 9.17) is 23.2 Å². The number of nitrogens with zero attached hydrogens (tertiary/aromatic N) is 3. The number of hydrogen-bond acceptors (Lipinski definition) is 4. The Hall–Kier alpha value is -3.00. The summed E-state index contributed by atoms with van der Waals surface area (Å²) in [6, 6.07) is 22.4. The molecule has 4 aromatic rings. The Balaban J connectivity index is 1.55. The highest BCUT2D eigenvalue weighted by molar-refractivity contribution is 7.98. The molecule has 1 heterocycles. The maximum atomic E-state index is 12.4. The van der Waals surface area contributed by atoms with Gasteiger partial charge < -0.3 is 10.6 Å². The Morgan fingerprint density at radius 1 is 0.970 bits per heavy atom. The van der Waals surface area contributed by atoms with Gasteiger partial charge in [-0.1, -0.05) is 71.4 Å². The van der Waals surface area contributed by atoms with E-state index in [0.717, 1.165) is 22.2 Å². The molecule has 0 atom stereocenters. The number of benzene rings is 3. The monoisotopic (exact) mass is 497 g/mol. The minimum Gasteiger partial charge on any atom is -0.331 e. The van der Waals surface area contributed by atoms with Crippen LogP contribution in [0, 0.1) is 6.92 Å². The SMILES string of the molecule is Cc1ccc(Cl)cc1-n1c(CNC(=O)Nc2ccc(Cl)cc2)nnc1SCc1ccccc1. The molecule has 0 spiro atoms. The molecule has 0 radical (unpaired) electrons. The zero-order valence-electron chi connectivity index (χ0n) is 17.8. The van der Waals surface area contributed by atoms with Crippen molar-refractivity contribution in [3.05, 3.63) is 99.8 Å². The van der Waals surface area contributed by atoms with Gasteiger partial charge in [0.05, 0.1) is 12.2 Å². The average molecular weight is 498 g/mol. The molecule has 0 aliphatic heterocycles. The maximum Gasteiger partial charge on any atom is 0.319 e. The number of nitrogens with one attached hydrogen (secondary N) is 2. The maximum absolute atomic E-state index is 12.4. The summed E-state index contributed by atoms with van der Waals surface area (Å²) in [7, 11) is 0. The van der Waals surface area contributed by atoms with Crippen LogP contribution in [0.1, 0.15) is 17.0 Å². The first kappa shape index (κ1) is 23.2. The predicted molar refractivity (Wildman–Crippen MR) is 134 cm³/mol. The van der Waals surface area contributed by atoms with E-state index in [0.29, 0.717) is 21.6 Å². The molecule has 0 fully saturated rings. The van der Waals surface area contributed by atoms with Gasteiger partial charge in [0.15, 0.2) is 11.0 Å². The van der Waals surface area contributed by atoms with Crippen molar-refractivity contribution in [1.29, 1.82) is 0 Å². The summed E-state index contributed by atoms with van der Waals surface area (Å²) in [5, 5.41) is 16.3. The Kier molecular flexibility index (Phi) is 7.54. The molecule has 0 saturated carbocycles. The molecule has 0 saturated heterocycles. The lowest BCUT2D eigenvalue weighted by molar-refractivity contribution is 0.251. The Morgan fingerprint density at radius 3 is 2.45 bits per heavy atom. The number of carbonyl (C=O) groups is 1.